The molecular weight excluding hydrogens is 350 g/mol. The predicted molar refractivity (Wildman–Crippen MR) is 110 cm³/mol. The van der Waals surface area contributed by atoms with E-state index in [0.717, 1.165) is 16.8 Å². The Balaban J connectivity index is 1.52. The summed E-state index contributed by atoms with van der Waals surface area (Å²) in [6, 6.07) is 14.9. The summed E-state index contributed by atoms with van der Waals surface area (Å²) in [7, 11) is 0. The maximum Gasteiger partial charge on any atom is 0.227 e. The van der Waals surface area contributed by atoms with Gasteiger partial charge in [0, 0.05) is 23.2 Å². The molecule has 0 aromatic heterocycles. The zero-order chi connectivity index (χ0) is 20.1. The molecule has 1 aliphatic rings. The van der Waals surface area contributed by atoms with Crippen molar-refractivity contribution in [3.05, 3.63) is 59.2 Å². The number of nitriles is 1. The lowest BCUT2D eigenvalue weighted by Gasteiger charge is -2.27. The highest BCUT2D eigenvalue weighted by atomic mass is 16.2. The summed E-state index contributed by atoms with van der Waals surface area (Å²) in [6.45, 7) is 3.99. The monoisotopic (exact) mass is 375 g/mol. The van der Waals surface area contributed by atoms with Gasteiger partial charge in [-0.25, -0.2) is 0 Å². The van der Waals surface area contributed by atoms with Gasteiger partial charge in [0.05, 0.1) is 11.6 Å². The van der Waals surface area contributed by atoms with Crippen molar-refractivity contribution in [2.45, 2.75) is 39.5 Å². The normalized spacial score (nSPS) is 18.8. The Hall–Kier alpha value is -3.13. The number of amides is 2. The quantitative estimate of drug-likeness (QED) is 0.822. The molecule has 2 aromatic rings. The Morgan fingerprint density at radius 1 is 0.857 bits per heavy atom. The minimum Gasteiger partial charge on any atom is -0.326 e. The van der Waals surface area contributed by atoms with Gasteiger partial charge in [-0.15, -0.1) is 0 Å². The second-order valence-corrected chi connectivity index (χ2v) is 7.48. The number of carbonyl (C=O) groups is 2. The largest absolute Gasteiger partial charge is 0.326 e. The van der Waals surface area contributed by atoms with Gasteiger partial charge in [-0.05, 0) is 74.9 Å². The Kier molecular flexibility index (Phi) is 6.10. The van der Waals surface area contributed by atoms with E-state index in [-0.39, 0.29) is 23.7 Å². The van der Waals surface area contributed by atoms with Gasteiger partial charge in [-0.2, -0.15) is 5.26 Å². The molecule has 2 amide bonds. The van der Waals surface area contributed by atoms with E-state index >= 15 is 0 Å². The van der Waals surface area contributed by atoms with Crippen molar-refractivity contribution in [1.29, 1.82) is 5.26 Å². The van der Waals surface area contributed by atoms with Crippen LogP contribution >= 0.6 is 0 Å². The molecule has 0 unspecified atom stereocenters. The van der Waals surface area contributed by atoms with Crippen LogP contribution in [-0.2, 0) is 9.59 Å². The molecule has 5 nitrogen and oxygen atoms in total. The standard InChI is InChI=1S/C23H25N3O2/c1-15-4-3-5-16(2)21(15)26-23(28)19-10-8-18(9-11-19)22(27)25-20-12-6-17(14-24)7-13-20/h3-7,12-13,18-19H,8-11H2,1-2H3,(H,25,27)(H,26,28). The highest BCUT2D eigenvalue weighted by molar-refractivity contribution is 5.95. The summed E-state index contributed by atoms with van der Waals surface area (Å²) < 4.78 is 0. The second-order valence-electron chi connectivity index (χ2n) is 7.48. The fourth-order valence-corrected chi connectivity index (χ4v) is 3.73. The van der Waals surface area contributed by atoms with Crippen LogP contribution in [0.1, 0.15) is 42.4 Å². The van der Waals surface area contributed by atoms with Gasteiger partial charge in [0.15, 0.2) is 0 Å². The number of anilines is 2. The summed E-state index contributed by atoms with van der Waals surface area (Å²) in [5.74, 6) is -0.112. The highest BCUT2D eigenvalue weighted by Gasteiger charge is 2.30. The van der Waals surface area contributed by atoms with Crippen molar-refractivity contribution in [2.75, 3.05) is 10.6 Å². The van der Waals surface area contributed by atoms with Crippen LogP contribution in [0.2, 0.25) is 0 Å². The van der Waals surface area contributed by atoms with E-state index in [2.05, 4.69) is 16.7 Å². The summed E-state index contributed by atoms with van der Waals surface area (Å²) in [6.07, 6.45) is 2.82. The van der Waals surface area contributed by atoms with E-state index in [9.17, 15) is 9.59 Å². The van der Waals surface area contributed by atoms with Gasteiger partial charge < -0.3 is 10.6 Å². The van der Waals surface area contributed by atoms with Gasteiger partial charge in [0.2, 0.25) is 11.8 Å². The van der Waals surface area contributed by atoms with Crippen LogP contribution in [-0.4, -0.2) is 11.8 Å². The van der Waals surface area contributed by atoms with Crippen LogP contribution < -0.4 is 10.6 Å². The van der Waals surface area contributed by atoms with Crippen molar-refractivity contribution >= 4 is 23.2 Å². The van der Waals surface area contributed by atoms with Crippen LogP contribution in [0.25, 0.3) is 0 Å². The Morgan fingerprint density at radius 3 is 1.86 bits per heavy atom. The zero-order valence-corrected chi connectivity index (χ0v) is 16.3. The van der Waals surface area contributed by atoms with Gasteiger partial charge in [0.25, 0.3) is 0 Å². The van der Waals surface area contributed by atoms with E-state index in [1.165, 1.54) is 0 Å². The third kappa shape index (κ3) is 4.58. The maximum absolute atomic E-state index is 12.7. The summed E-state index contributed by atoms with van der Waals surface area (Å²) in [4.78, 5) is 25.2. The van der Waals surface area contributed by atoms with E-state index in [1.807, 2.05) is 32.0 Å². The molecule has 0 saturated heterocycles. The van der Waals surface area contributed by atoms with Crippen LogP contribution in [0, 0.1) is 37.0 Å². The summed E-state index contributed by atoms with van der Waals surface area (Å²) >= 11 is 0. The number of para-hydroxylation sites is 1. The number of hydrogen-bond donors (Lipinski definition) is 2. The fourth-order valence-electron chi connectivity index (χ4n) is 3.73. The van der Waals surface area contributed by atoms with Crippen molar-refractivity contribution in [1.82, 2.24) is 0 Å². The summed E-state index contributed by atoms with van der Waals surface area (Å²) in [5, 5.41) is 14.8. The molecule has 1 fully saturated rings. The number of nitrogens with zero attached hydrogens (tertiary/aromatic N) is 1. The maximum atomic E-state index is 12.7. The number of rotatable bonds is 4. The molecular formula is C23H25N3O2. The lowest BCUT2D eigenvalue weighted by molar-refractivity contribution is -0.125. The first-order valence-electron chi connectivity index (χ1n) is 9.66. The van der Waals surface area contributed by atoms with E-state index in [1.54, 1.807) is 24.3 Å². The first kappa shape index (κ1) is 19.6. The zero-order valence-electron chi connectivity index (χ0n) is 16.3. The molecule has 0 spiro atoms. The van der Waals surface area contributed by atoms with Gasteiger partial charge in [0.1, 0.15) is 0 Å². The first-order valence-corrected chi connectivity index (χ1v) is 9.66. The van der Waals surface area contributed by atoms with Crippen molar-refractivity contribution in [3.63, 3.8) is 0 Å². The first-order chi connectivity index (χ1) is 13.5. The summed E-state index contributed by atoms with van der Waals surface area (Å²) in [5.41, 5.74) is 4.27. The van der Waals surface area contributed by atoms with Crippen LogP contribution in [0.5, 0.6) is 0 Å². The highest BCUT2D eigenvalue weighted by Crippen LogP contribution is 2.31. The molecule has 0 bridgehead atoms. The third-order valence-corrected chi connectivity index (χ3v) is 5.48. The topological polar surface area (TPSA) is 82.0 Å². The van der Waals surface area contributed by atoms with Gasteiger partial charge in [-0.3, -0.25) is 9.59 Å². The Morgan fingerprint density at radius 2 is 1.36 bits per heavy atom. The molecule has 0 radical (unpaired) electrons. The number of aryl methyl sites for hydroxylation is 2. The molecule has 2 aromatic carbocycles. The molecule has 3 rings (SSSR count). The average Bonchev–Trinajstić information content (AvgIpc) is 2.71. The lowest BCUT2D eigenvalue weighted by atomic mass is 9.81. The van der Waals surface area contributed by atoms with Crippen molar-refractivity contribution in [2.24, 2.45) is 11.8 Å². The van der Waals surface area contributed by atoms with E-state index in [0.29, 0.717) is 36.9 Å². The number of hydrogen-bond acceptors (Lipinski definition) is 3. The molecule has 1 saturated carbocycles. The molecule has 2 N–H and O–H groups in total. The van der Waals surface area contributed by atoms with Crippen LogP contribution in [0.15, 0.2) is 42.5 Å². The van der Waals surface area contributed by atoms with Crippen LogP contribution in [0.4, 0.5) is 11.4 Å². The minimum absolute atomic E-state index is 0.0154. The van der Waals surface area contributed by atoms with Gasteiger partial charge >= 0.3 is 0 Å². The SMILES string of the molecule is Cc1cccc(C)c1NC(=O)C1CCC(C(=O)Nc2ccc(C#N)cc2)CC1. The van der Waals surface area contributed by atoms with E-state index < -0.39 is 0 Å². The average molecular weight is 375 g/mol. The number of benzene rings is 2. The third-order valence-electron chi connectivity index (χ3n) is 5.48. The Labute approximate surface area is 165 Å². The second kappa shape index (κ2) is 8.71. The molecule has 5 heteroatoms. The molecule has 28 heavy (non-hydrogen) atoms. The van der Waals surface area contributed by atoms with Gasteiger partial charge in [-0.1, -0.05) is 18.2 Å². The molecule has 0 atom stereocenters. The van der Waals surface area contributed by atoms with Crippen LogP contribution in [0.3, 0.4) is 0 Å². The van der Waals surface area contributed by atoms with Crippen molar-refractivity contribution in [3.8, 4) is 6.07 Å². The number of carbonyl (C=O) groups excluding carboxylic acids is 2. The predicted octanol–water partition coefficient (Wildman–Crippen LogP) is 4.56. The molecule has 1 aliphatic carbocycles. The smallest absolute Gasteiger partial charge is 0.227 e. The lowest BCUT2D eigenvalue weighted by Crippen LogP contribution is -2.32. The fraction of sp³-hybridized carbons (Fsp3) is 0.348. The molecule has 0 heterocycles. The number of nitrogens with one attached hydrogen (secondary N) is 2. The molecule has 0 aliphatic heterocycles. The van der Waals surface area contributed by atoms with Crippen molar-refractivity contribution < 1.29 is 9.59 Å². The minimum atomic E-state index is -0.0834. The Bertz CT molecular complexity index is 884. The van der Waals surface area contributed by atoms with E-state index in [4.69, 9.17) is 5.26 Å². The molecule has 144 valence electrons.